The smallest absolute Gasteiger partial charge is 0.148 e. The van der Waals surface area contributed by atoms with Gasteiger partial charge in [-0.3, -0.25) is 0 Å². The lowest BCUT2D eigenvalue weighted by atomic mass is 10.3. The van der Waals surface area contributed by atoms with Gasteiger partial charge in [0.25, 0.3) is 0 Å². The van der Waals surface area contributed by atoms with Crippen LogP contribution in [0, 0.1) is 11.3 Å². The van der Waals surface area contributed by atoms with Gasteiger partial charge in [0.05, 0.1) is 15.5 Å². The number of nitrogens with zero attached hydrogens (tertiary/aromatic N) is 3. The predicted molar refractivity (Wildman–Crippen MR) is 56.2 cm³/mol. The fourth-order valence-corrected chi connectivity index (χ4v) is 2.22. The molecule has 0 atom stereocenters. The van der Waals surface area contributed by atoms with Crippen LogP contribution in [0.4, 0.5) is 0 Å². The van der Waals surface area contributed by atoms with E-state index in [-0.39, 0.29) is 0 Å². The van der Waals surface area contributed by atoms with Gasteiger partial charge in [0.15, 0.2) is 0 Å². The van der Waals surface area contributed by atoms with Crippen molar-refractivity contribution in [3.05, 3.63) is 28.5 Å². The molecule has 2 rings (SSSR count). The highest BCUT2D eigenvalue weighted by Gasteiger charge is 2.11. The molecule has 2 heterocycles. The first-order valence-corrected chi connectivity index (χ1v) is 5.09. The van der Waals surface area contributed by atoms with Crippen LogP contribution in [-0.4, -0.2) is 9.55 Å². The molecule has 0 fully saturated rings. The summed E-state index contributed by atoms with van der Waals surface area (Å²) < 4.78 is 2.40. The minimum atomic E-state index is 0.559. The van der Waals surface area contributed by atoms with Gasteiger partial charge in [-0.1, -0.05) is 11.6 Å². The Morgan fingerprint density at radius 2 is 2.36 bits per heavy atom. The molecule has 0 saturated carbocycles. The van der Waals surface area contributed by atoms with Crippen LogP contribution in [0.25, 0.3) is 10.6 Å². The molecule has 0 amide bonds. The van der Waals surface area contributed by atoms with E-state index in [0.717, 1.165) is 4.88 Å². The lowest BCUT2D eigenvalue weighted by Crippen LogP contribution is -1.89. The number of halogens is 1. The summed E-state index contributed by atoms with van der Waals surface area (Å²) in [5.41, 5.74) is 1.26. The molecule has 2 aromatic rings. The van der Waals surface area contributed by atoms with Gasteiger partial charge < -0.3 is 4.57 Å². The van der Waals surface area contributed by atoms with Crippen molar-refractivity contribution in [2.75, 3.05) is 0 Å². The first-order valence-electron chi connectivity index (χ1n) is 3.89. The zero-order chi connectivity index (χ0) is 10.1. The van der Waals surface area contributed by atoms with E-state index >= 15 is 0 Å². The van der Waals surface area contributed by atoms with Crippen LogP contribution in [0.1, 0.15) is 5.69 Å². The minimum Gasteiger partial charge on any atom is -0.325 e. The Morgan fingerprint density at radius 1 is 1.57 bits per heavy atom. The summed E-state index contributed by atoms with van der Waals surface area (Å²) in [7, 11) is 1.80. The fraction of sp³-hybridized carbons (Fsp3) is 0.111. The first-order chi connectivity index (χ1) is 6.72. The van der Waals surface area contributed by atoms with Crippen LogP contribution in [0.15, 0.2) is 18.5 Å². The topological polar surface area (TPSA) is 41.6 Å². The number of aromatic nitrogens is 2. The van der Waals surface area contributed by atoms with E-state index in [0.29, 0.717) is 15.7 Å². The number of hydrogen-bond acceptors (Lipinski definition) is 3. The first kappa shape index (κ1) is 9.25. The van der Waals surface area contributed by atoms with Crippen molar-refractivity contribution in [2.24, 2.45) is 7.05 Å². The highest BCUT2D eigenvalue weighted by molar-refractivity contribution is 7.19. The molecule has 0 bridgehead atoms. The molecule has 14 heavy (non-hydrogen) atoms. The molecule has 0 unspecified atom stereocenters. The van der Waals surface area contributed by atoms with Crippen molar-refractivity contribution in [1.29, 1.82) is 5.26 Å². The van der Waals surface area contributed by atoms with Gasteiger partial charge in [0, 0.05) is 7.05 Å². The van der Waals surface area contributed by atoms with E-state index in [1.807, 2.05) is 6.07 Å². The number of rotatable bonds is 1. The molecule has 2 aromatic heterocycles. The lowest BCUT2D eigenvalue weighted by molar-refractivity contribution is 0.897. The van der Waals surface area contributed by atoms with Crippen molar-refractivity contribution in [2.45, 2.75) is 0 Å². The quantitative estimate of drug-likeness (QED) is 0.746. The van der Waals surface area contributed by atoms with Crippen LogP contribution in [0.5, 0.6) is 0 Å². The summed E-state index contributed by atoms with van der Waals surface area (Å²) in [5, 5.41) is 8.92. The molecule has 0 aliphatic carbocycles. The van der Waals surface area contributed by atoms with Gasteiger partial charge in [-0.2, -0.15) is 5.26 Å². The number of hydrogen-bond donors (Lipinski definition) is 0. The highest BCUT2D eigenvalue weighted by atomic mass is 35.5. The van der Waals surface area contributed by atoms with Crippen LogP contribution >= 0.6 is 22.9 Å². The summed E-state index contributed by atoms with van der Waals surface area (Å²) >= 11 is 7.24. The summed E-state index contributed by atoms with van der Waals surface area (Å²) in [4.78, 5) is 5.09. The van der Waals surface area contributed by atoms with Crippen LogP contribution in [0.3, 0.4) is 0 Å². The average molecular weight is 224 g/mol. The van der Waals surface area contributed by atoms with Gasteiger partial charge in [-0.25, -0.2) is 4.98 Å². The Bertz CT molecular complexity index is 506. The molecular formula is C9H6ClN3S. The lowest BCUT2D eigenvalue weighted by Gasteiger charge is -1.92. The second-order valence-electron chi connectivity index (χ2n) is 2.77. The summed E-state index contributed by atoms with van der Waals surface area (Å²) in [5.74, 6) is 0. The molecule has 70 valence electrons. The van der Waals surface area contributed by atoms with Crippen molar-refractivity contribution in [1.82, 2.24) is 9.55 Å². The van der Waals surface area contributed by atoms with E-state index in [2.05, 4.69) is 11.1 Å². The largest absolute Gasteiger partial charge is 0.325 e. The predicted octanol–water partition coefficient (Wildman–Crippen LogP) is 2.67. The summed E-state index contributed by atoms with van der Waals surface area (Å²) in [6.07, 6.45) is 1.63. The molecule has 0 aromatic carbocycles. The molecule has 5 heteroatoms. The zero-order valence-electron chi connectivity index (χ0n) is 7.36. The number of imidazole rings is 1. The maximum Gasteiger partial charge on any atom is 0.148 e. The second kappa shape index (κ2) is 3.45. The molecule has 0 aliphatic heterocycles. The minimum absolute atomic E-state index is 0.559. The average Bonchev–Trinajstić information content (AvgIpc) is 2.71. The summed E-state index contributed by atoms with van der Waals surface area (Å²) in [6.45, 7) is 0. The Kier molecular flexibility index (Phi) is 2.28. The molecular weight excluding hydrogens is 218 g/mol. The third-order valence-corrected chi connectivity index (χ3v) is 3.09. The molecule has 0 N–H and O–H groups in total. The van der Waals surface area contributed by atoms with Crippen LogP contribution < -0.4 is 0 Å². The van der Waals surface area contributed by atoms with E-state index in [1.165, 1.54) is 11.3 Å². The van der Waals surface area contributed by atoms with E-state index in [4.69, 9.17) is 16.9 Å². The third kappa shape index (κ3) is 1.41. The monoisotopic (exact) mass is 223 g/mol. The molecule has 0 saturated heterocycles. The molecule has 0 spiro atoms. The Morgan fingerprint density at radius 3 is 2.93 bits per heavy atom. The molecule has 3 nitrogen and oxygen atoms in total. The molecule has 0 radical (unpaired) electrons. The van der Waals surface area contributed by atoms with Crippen molar-refractivity contribution >= 4 is 22.9 Å². The number of nitriles is 1. The third-order valence-electron chi connectivity index (χ3n) is 1.85. The number of thiophene rings is 1. The second-order valence-corrected chi connectivity index (χ2v) is 4.48. The maximum atomic E-state index is 8.92. The van der Waals surface area contributed by atoms with Gasteiger partial charge in [-0.05, 0) is 12.1 Å². The van der Waals surface area contributed by atoms with E-state index in [9.17, 15) is 0 Å². The van der Waals surface area contributed by atoms with Crippen LogP contribution in [-0.2, 0) is 7.05 Å². The normalized spacial score (nSPS) is 10.1. The fourth-order valence-electron chi connectivity index (χ4n) is 1.18. The van der Waals surface area contributed by atoms with Crippen molar-refractivity contribution in [3.63, 3.8) is 0 Å². The molecule has 0 aliphatic rings. The standard InChI is InChI=1S/C9H6ClN3S/c1-13-5-12-9(6(13)4-11)7-2-3-8(10)14-7/h2-3,5H,1H3. The van der Waals surface area contributed by atoms with Crippen molar-refractivity contribution < 1.29 is 0 Å². The summed E-state index contributed by atoms with van der Waals surface area (Å²) in [6, 6.07) is 5.79. The van der Waals surface area contributed by atoms with E-state index in [1.54, 1.807) is 24.0 Å². The van der Waals surface area contributed by atoms with Crippen molar-refractivity contribution in [3.8, 4) is 16.6 Å². The SMILES string of the molecule is Cn1cnc(-c2ccc(Cl)s2)c1C#N. The van der Waals surface area contributed by atoms with Gasteiger partial charge in [0.1, 0.15) is 17.5 Å². The van der Waals surface area contributed by atoms with Gasteiger partial charge in [-0.15, -0.1) is 11.3 Å². The Balaban J connectivity index is 2.58. The maximum absolute atomic E-state index is 8.92. The Labute approximate surface area is 90.2 Å². The number of aryl methyl sites for hydroxylation is 1. The highest BCUT2D eigenvalue weighted by Crippen LogP contribution is 2.31. The van der Waals surface area contributed by atoms with Gasteiger partial charge >= 0.3 is 0 Å². The van der Waals surface area contributed by atoms with E-state index < -0.39 is 0 Å². The van der Waals surface area contributed by atoms with Gasteiger partial charge in [0.2, 0.25) is 0 Å². The zero-order valence-corrected chi connectivity index (χ0v) is 8.93. The van der Waals surface area contributed by atoms with Crippen LogP contribution in [0.2, 0.25) is 4.34 Å². The Hall–Kier alpha value is -1.31.